The average Bonchev–Trinajstić information content (AvgIpc) is 2.69. The largest absolute Gasteiger partial charge is 0.336 e. The van der Waals surface area contributed by atoms with Crippen LogP contribution in [0.3, 0.4) is 0 Å². The molecule has 0 spiro atoms. The van der Waals surface area contributed by atoms with Crippen LogP contribution in [0, 0.1) is 10.8 Å². The summed E-state index contributed by atoms with van der Waals surface area (Å²) in [7, 11) is 0. The van der Waals surface area contributed by atoms with Gasteiger partial charge in [-0.3, -0.25) is 9.59 Å². The van der Waals surface area contributed by atoms with E-state index in [-0.39, 0.29) is 11.8 Å². The molecule has 2 amide bonds. The minimum absolute atomic E-state index is 0.0919. The summed E-state index contributed by atoms with van der Waals surface area (Å²) in [5.74, 6) is 0.184. The van der Waals surface area contributed by atoms with Gasteiger partial charge in [0.1, 0.15) is 0 Å². The molecule has 0 saturated heterocycles. The third-order valence-electron chi connectivity index (χ3n) is 4.93. The molecule has 2 aromatic carbocycles. The molecule has 4 heteroatoms. The van der Waals surface area contributed by atoms with Crippen LogP contribution in [0.25, 0.3) is 0 Å². The molecule has 30 heavy (non-hydrogen) atoms. The molecule has 0 atom stereocenters. The number of carbonyl (C=O) groups excluding carboxylic acids is 2. The van der Waals surface area contributed by atoms with E-state index in [1.54, 1.807) is 0 Å². The molecule has 0 aliphatic rings. The van der Waals surface area contributed by atoms with Crippen molar-refractivity contribution in [2.24, 2.45) is 10.8 Å². The molecule has 0 unspecified atom stereocenters. The third-order valence-corrected chi connectivity index (χ3v) is 4.93. The van der Waals surface area contributed by atoms with Crippen molar-refractivity contribution in [3.63, 3.8) is 0 Å². The molecule has 0 radical (unpaired) electrons. The molecule has 2 aromatic rings. The minimum Gasteiger partial charge on any atom is -0.336 e. The van der Waals surface area contributed by atoms with Gasteiger partial charge < -0.3 is 9.80 Å². The van der Waals surface area contributed by atoms with Crippen molar-refractivity contribution in [2.45, 2.75) is 54.6 Å². The lowest BCUT2D eigenvalue weighted by Gasteiger charge is -2.34. The molecule has 0 aliphatic carbocycles. The Morgan fingerprint density at radius 1 is 0.600 bits per heavy atom. The maximum atomic E-state index is 13.1. The predicted molar refractivity (Wildman–Crippen MR) is 123 cm³/mol. The Morgan fingerprint density at radius 3 is 1.17 bits per heavy atom. The Hall–Kier alpha value is -2.62. The lowest BCUT2D eigenvalue weighted by molar-refractivity contribution is -0.144. The highest BCUT2D eigenvalue weighted by Crippen LogP contribution is 2.22. The smallest absolute Gasteiger partial charge is 0.228 e. The van der Waals surface area contributed by atoms with Gasteiger partial charge in [-0.15, -0.1) is 0 Å². The SMILES string of the molecule is CC(C)(C)C(=O)N(CCN(Cc1ccccc1)C(=O)C(C)(C)C)Cc1ccccc1. The number of hydrogen-bond acceptors (Lipinski definition) is 2. The van der Waals surface area contributed by atoms with Crippen molar-refractivity contribution in [2.75, 3.05) is 13.1 Å². The van der Waals surface area contributed by atoms with Gasteiger partial charge in [0.2, 0.25) is 11.8 Å². The fourth-order valence-corrected chi connectivity index (χ4v) is 3.30. The molecule has 0 heterocycles. The van der Waals surface area contributed by atoms with Crippen LogP contribution in [0.5, 0.6) is 0 Å². The predicted octanol–water partition coefficient (Wildman–Crippen LogP) is 5.14. The molecular formula is C26H36N2O2. The van der Waals surface area contributed by atoms with Gasteiger partial charge in [0.15, 0.2) is 0 Å². The maximum absolute atomic E-state index is 13.1. The van der Waals surface area contributed by atoms with Crippen LogP contribution in [0.4, 0.5) is 0 Å². The maximum Gasteiger partial charge on any atom is 0.228 e. The zero-order chi connectivity index (χ0) is 22.4. The van der Waals surface area contributed by atoms with Crippen molar-refractivity contribution in [1.82, 2.24) is 9.80 Å². The van der Waals surface area contributed by atoms with E-state index >= 15 is 0 Å². The van der Waals surface area contributed by atoms with Gasteiger partial charge in [-0.05, 0) is 11.1 Å². The highest BCUT2D eigenvalue weighted by atomic mass is 16.2. The quantitative estimate of drug-likeness (QED) is 0.637. The van der Waals surface area contributed by atoms with Crippen molar-refractivity contribution in [1.29, 1.82) is 0 Å². The second-order valence-corrected chi connectivity index (χ2v) is 9.92. The zero-order valence-electron chi connectivity index (χ0n) is 19.3. The number of benzene rings is 2. The van der Waals surface area contributed by atoms with Crippen LogP contribution in [-0.4, -0.2) is 34.7 Å². The van der Waals surface area contributed by atoms with Gasteiger partial charge in [-0.25, -0.2) is 0 Å². The van der Waals surface area contributed by atoms with E-state index in [1.807, 2.05) is 112 Å². The van der Waals surface area contributed by atoms with E-state index in [4.69, 9.17) is 0 Å². The van der Waals surface area contributed by atoms with Gasteiger partial charge in [0.05, 0.1) is 0 Å². The molecule has 2 rings (SSSR count). The van der Waals surface area contributed by atoms with Gasteiger partial charge in [0.25, 0.3) is 0 Å². The first kappa shape index (κ1) is 23.7. The summed E-state index contributed by atoms with van der Waals surface area (Å²) in [6, 6.07) is 20.0. The van der Waals surface area contributed by atoms with E-state index in [9.17, 15) is 9.59 Å². The fourth-order valence-electron chi connectivity index (χ4n) is 3.30. The zero-order valence-corrected chi connectivity index (χ0v) is 19.3. The van der Waals surface area contributed by atoms with Crippen LogP contribution in [-0.2, 0) is 22.7 Å². The van der Waals surface area contributed by atoms with E-state index in [0.29, 0.717) is 26.2 Å². The number of nitrogens with zero attached hydrogens (tertiary/aromatic N) is 2. The summed E-state index contributed by atoms with van der Waals surface area (Å²) in [4.78, 5) is 30.0. The lowest BCUT2D eigenvalue weighted by atomic mass is 9.93. The van der Waals surface area contributed by atoms with Crippen LogP contribution >= 0.6 is 0 Å². The van der Waals surface area contributed by atoms with Gasteiger partial charge >= 0.3 is 0 Å². The highest BCUT2D eigenvalue weighted by Gasteiger charge is 2.30. The van der Waals surface area contributed by atoms with Crippen molar-refractivity contribution in [3.05, 3.63) is 71.8 Å². The summed E-state index contributed by atoms with van der Waals surface area (Å²) in [5.41, 5.74) is 1.22. The second-order valence-electron chi connectivity index (χ2n) is 9.92. The molecule has 0 N–H and O–H groups in total. The standard InChI is InChI=1S/C26H36N2O2/c1-25(2,3)23(29)27(19-21-13-9-7-10-14-21)17-18-28(24(30)26(4,5)6)20-22-15-11-8-12-16-22/h7-16H,17-20H2,1-6H3. The van der Waals surface area contributed by atoms with Crippen LogP contribution in [0.2, 0.25) is 0 Å². The fraction of sp³-hybridized carbons (Fsp3) is 0.462. The van der Waals surface area contributed by atoms with Crippen molar-refractivity contribution < 1.29 is 9.59 Å². The van der Waals surface area contributed by atoms with Crippen LogP contribution in [0.15, 0.2) is 60.7 Å². The molecule has 0 bridgehead atoms. The molecule has 0 saturated carbocycles. The van der Waals surface area contributed by atoms with Gasteiger partial charge in [0, 0.05) is 37.0 Å². The van der Waals surface area contributed by atoms with Crippen LogP contribution in [0.1, 0.15) is 52.7 Å². The van der Waals surface area contributed by atoms with Crippen LogP contribution < -0.4 is 0 Å². The summed E-state index contributed by atoms with van der Waals surface area (Å²) in [5, 5.41) is 0. The number of amides is 2. The Morgan fingerprint density at radius 2 is 0.900 bits per heavy atom. The lowest BCUT2D eigenvalue weighted by Crippen LogP contribution is -2.46. The minimum atomic E-state index is -0.479. The molecule has 0 aromatic heterocycles. The third kappa shape index (κ3) is 7.01. The number of carbonyl (C=O) groups is 2. The summed E-state index contributed by atoms with van der Waals surface area (Å²) < 4.78 is 0. The molecule has 4 nitrogen and oxygen atoms in total. The summed E-state index contributed by atoms with van der Waals surface area (Å²) in [6.07, 6.45) is 0. The second kappa shape index (κ2) is 9.92. The van der Waals surface area contributed by atoms with E-state index in [1.165, 1.54) is 0 Å². The highest BCUT2D eigenvalue weighted by molar-refractivity contribution is 5.82. The van der Waals surface area contributed by atoms with Gasteiger partial charge in [-0.2, -0.15) is 0 Å². The monoisotopic (exact) mass is 408 g/mol. The van der Waals surface area contributed by atoms with E-state index in [0.717, 1.165) is 11.1 Å². The first-order valence-electron chi connectivity index (χ1n) is 10.6. The Labute approximate surface area is 181 Å². The first-order valence-corrected chi connectivity index (χ1v) is 10.6. The van der Waals surface area contributed by atoms with E-state index in [2.05, 4.69) is 0 Å². The Bertz CT molecular complexity index is 746. The van der Waals surface area contributed by atoms with Gasteiger partial charge in [-0.1, -0.05) is 102 Å². The summed E-state index contributed by atoms with van der Waals surface area (Å²) >= 11 is 0. The number of rotatable bonds is 7. The topological polar surface area (TPSA) is 40.6 Å². The van der Waals surface area contributed by atoms with E-state index < -0.39 is 10.8 Å². The Kier molecular flexibility index (Phi) is 7.83. The van der Waals surface area contributed by atoms with Crippen molar-refractivity contribution in [3.8, 4) is 0 Å². The molecule has 162 valence electrons. The summed E-state index contributed by atoms with van der Waals surface area (Å²) in [6.45, 7) is 13.7. The number of hydrogen-bond donors (Lipinski definition) is 0. The first-order chi connectivity index (χ1) is 14.0. The molecule has 0 aliphatic heterocycles. The van der Waals surface area contributed by atoms with Crippen molar-refractivity contribution >= 4 is 11.8 Å². The average molecular weight is 409 g/mol. The Balaban J connectivity index is 2.21. The normalized spacial score (nSPS) is 11.8. The molecular weight excluding hydrogens is 372 g/mol. The molecule has 0 fully saturated rings.